The van der Waals surface area contributed by atoms with Gasteiger partial charge in [-0.15, -0.1) is 0 Å². The van der Waals surface area contributed by atoms with Crippen LogP contribution in [0.25, 0.3) is 0 Å². The second-order valence-electron chi connectivity index (χ2n) is 56.7. The fraction of sp³-hybridized carbons (Fsp3) is 0.819. The van der Waals surface area contributed by atoms with Gasteiger partial charge < -0.3 is 42.6 Å². The summed E-state index contributed by atoms with van der Waals surface area (Å²) in [5.41, 5.74) is 0.922. The van der Waals surface area contributed by atoms with Crippen LogP contribution in [-0.2, 0) is 111 Å². The van der Waals surface area contributed by atoms with E-state index >= 15 is 0 Å². The van der Waals surface area contributed by atoms with E-state index in [1.807, 2.05) is 76.2 Å². The highest BCUT2D eigenvalue weighted by molar-refractivity contribution is 7.87. The summed E-state index contributed by atoms with van der Waals surface area (Å²) in [6.07, 6.45) is 33.6. The van der Waals surface area contributed by atoms with Crippen molar-refractivity contribution in [1.82, 2.24) is 0 Å². The number of rotatable bonds is 16. The highest BCUT2D eigenvalue weighted by Crippen LogP contribution is 2.71. The van der Waals surface area contributed by atoms with Crippen molar-refractivity contribution in [1.29, 1.82) is 0 Å². The molecule has 0 amide bonds. The van der Waals surface area contributed by atoms with Crippen molar-refractivity contribution < 1.29 is 98.4 Å². The smallest absolute Gasteiger partial charge is 0.350 e. The Morgan fingerprint density at radius 3 is 0.986 bits per heavy atom. The van der Waals surface area contributed by atoms with Gasteiger partial charge in [-0.1, -0.05) is 227 Å². The maximum Gasteiger partial charge on any atom is 0.350 e. The maximum atomic E-state index is 13.1. The summed E-state index contributed by atoms with van der Waals surface area (Å²) in [6, 6.07) is 21.9. The fourth-order valence-electron chi connectivity index (χ4n) is 30.8. The van der Waals surface area contributed by atoms with E-state index in [2.05, 4.69) is 155 Å². The molecule has 3 aliphatic heterocycles. The van der Waals surface area contributed by atoms with Crippen molar-refractivity contribution in [3.05, 3.63) is 71.8 Å². The molecule has 15 atom stereocenters. The summed E-state index contributed by atoms with van der Waals surface area (Å²) in [4.78, 5) is 110. The summed E-state index contributed by atoms with van der Waals surface area (Å²) >= 11 is 0. The second kappa shape index (κ2) is 39.5. The monoisotopic (exact) mass is 1940 g/mol. The molecule has 20 saturated carbocycles. The molecule has 138 heavy (non-hydrogen) atoms. The topological polar surface area (TPSA) is 280 Å². The molecule has 0 N–H and O–H groups in total. The third-order valence-corrected chi connectivity index (χ3v) is 36.1. The number of hydrogen-bond donors (Lipinski definition) is 0. The first kappa shape index (κ1) is 107. The number of carbonyl (C=O) groups excluding carboxylic acids is 9. The summed E-state index contributed by atoms with van der Waals surface area (Å²) in [5.74, 6) is 5.23. The van der Waals surface area contributed by atoms with Crippen LogP contribution in [0.1, 0.15) is 376 Å². The van der Waals surface area contributed by atoms with Gasteiger partial charge in [0.05, 0.1) is 85.7 Å². The van der Waals surface area contributed by atoms with Crippen molar-refractivity contribution in [2.24, 2.45) is 154 Å². The van der Waals surface area contributed by atoms with Crippen LogP contribution in [0.5, 0.6) is 0 Å². The van der Waals surface area contributed by atoms with Crippen LogP contribution in [-0.4, -0.2) is 131 Å². The minimum absolute atomic E-state index is 0.0368. The van der Waals surface area contributed by atoms with E-state index in [0.717, 1.165) is 126 Å². The largest absolute Gasteiger partial charge is 0.465 e. The molecule has 25 rings (SSSR count). The van der Waals surface area contributed by atoms with E-state index in [9.17, 15) is 51.6 Å². The van der Waals surface area contributed by atoms with Gasteiger partial charge in [0.1, 0.15) is 0 Å². The van der Waals surface area contributed by atoms with E-state index in [0.29, 0.717) is 107 Å². The lowest BCUT2D eigenvalue weighted by Crippen LogP contribution is -2.57. The van der Waals surface area contributed by atoms with Gasteiger partial charge in [-0.2, -0.15) is 8.42 Å². The predicted octanol–water partition coefficient (Wildman–Crippen LogP) is 23.8. The maximum absolute atomic E-state index is 13.1. The van der Waals surface area contributed by atoms with E-state index in [1.165, 1.54) is 88.2 Å². The molecule has 23 fully saturated rings. The number of fused-ring (bicyclic) bond motifs is 2. The Morgan fingerprint density at radius 2 is 0.638 bits per heavy atom. The minimum atomic E-state index is -3.59. The van der Waals surface area contributed by atoms with Crippen LogP contribution in [0.4, 0.5) is 0 Å². The Bertz CT molecular complexity index is 4630. The highest BCUT2D eigenvalue weighted by Gasteiger charge is 2.74. The van der Waals surface area contributed by atoms with E-state index in [-0.39, 0.29) is 136 Å². The summed E-state index contributed by atoms with van der Waals surface area (Å²) in [5, 5.41) is -0.492. The van der Waals surface area contributed by atoms with Crippen LogP contribution in [0.15, 0.2) is 60.7 Å². The predicted molar refractivity (Wildman–Crippen MR) is 530 cm³/mol. The van der Waals surface area contributed by atoms with E-state index in [4.69, 9.17) is 42.1 Å². The third kappa shape index (κ3) is 24.2. The van der Waals surface area contributed by atoms with Crippen LogP contribution in [0.2, 0.25) is 0 Å². The Hall–Kier alpha value is -6.42. The lowest BCUT2D eigenvalue weighted by Gasteiger charge is -2.61. The van der Waals surface area contributed by atoms with Gasteiger partial charge in [0, 0.05) is 24.7 Å². The first-order chi connectivity index (χ1) is 64.0. The number of carbonyl (C=O) groups is 9. The standard InChI is InChI=1S/2C22H30O2.C17H28O2.C16H26O2.C14H20O4.C13H20O5S.C10H16O4.C2H6/c2*1-20(2,3)15-24-19(23)22-12-16-9-17(13-22)11-21(10-16,14-22)18-7-5-4-6-8-18;1-15(2,3)11-19-14(18)17-8-12-5-13(9-17)7-16(4,6-12)10-17;1-15(2,3)10-18-14(17)16-7-11-4-12(8-16)6-13(5-11)9-16;1-13(2,3)7-17-12(16)14-6-8-4-9(10(14)5-8)11(15)18-14;1-12(2,3)7-17-11(14)13-6-8-4-9(13)10(5-8)19(15,16)18-13;1-10(2,3)6-14-9(12)7-4-5-13-8(7)11;1-2/h2*4-8,16-17H,9-15H2,1-3H3;12-13H,5-11H2,1-4H3;11-13H,4-10H2,1-3H3;8-10H,4-7H2,1-3H3;8-10H,4-7H2,1-3H3;7H,4-6H2,1-3H3;1-2H3. The molecule has 2 aromatic carbocycles. The fourth-order valence-corrected chi connectivity index (χ4v) is 32.9. The third-order valence-electron chi connectivity index (χ3n) is 34.3. The number of benzene rings is 2. The van der Waals surface area contributed by atoms with Crippen molar-refractivity contribution >= 4 is 63.8 Å². The number of hydrogen-bond acceptors (Lipinski definition) is 21. The molecule has 3 saturated heterocycles. The minimum Gasteiger partial charge on any atom is -0.465 e. The molecule has 23 aliphatic rings. The Kier molecular flexibility index (Phi) is 30.7. The van der Waals surface area contributed by atoms with E-state index in [1.54, 1.807) is 0 Å². The quantitative estimate of drug-likeness (QED) is 0.0653. The molecule has 0 radical (unpaired) electrons. The molecule has 2 aromatic rings. The van der Waals surface area contributed by atoms with Gasteiger partial charge in [0.25, 0.3) is 10.1 Å². The summed E-state index contributed by atoms with van der Waals surface area (Å²) in [6.45, 7) is 53.3. The zero-order valence-corrected chi connectivity index (χ0v) is 89.9. The molecular formula is C116H176O21S. The zero-order valence-electron chi connectivity index (χ0n) is 89.1. The van der Waals surface area contributed by atoms with Crippen LogP contribution >= 0.6 is 0 Å². The van der Waals surface area contributed by atoms with Crippen molar-refractivity contribution in [2.75, 3.05) is 52.9 Å². The number of esters is 9. The molecule has 0 aromatic heterocycles. The van der Waals surface area contributed by atoms with Crippen molar-refractivity contribution in [3.8, 4) is 0 Å². The number of ether oxygens (including phenoxy) is 9. The first-order valence-corrected chi connectivity index (χ1v) is 55.2. The van der Waals surface area contributed by atoms with Gasteiger partial charge in [0.2, 0.25) is 5.60 Å². The highest BCUT2D eigenvalue weighted by atomic mass is 32.2. The summed E-state index contributed by atoms with van der Waals surface area (Å²) in [7, 11) is -3.59. The number of cyclic esters (lactones) is 1. The molecule has 20 bridgehead atoms. The Balaban J connectivity index is 0.000000129. The molecule has 22 heteroatoms. The van der Waals surface area contributed by atoms with Gasteiger partial charge >= 0.3 is 53.7 Å². The average molecular weight is 1940 g/mol. The van der Waals surface area contributed by atoms with Gasteiger partial charge in [-0.05, 0) is 317 Å². The Morgan fingerprint density at radius 1 is 0.333 bits per heavy atom. The summed E-state index contributed by atoms with van der Waals surface area (Å²) < 4.78 is 78.0. The molecule has 15 unspecified atom stereocenters. The average Bonchev–Trinajstić information content (AvgIpc) is 1.44. The lowest BCUT2D eigenvalue weighted by molar-refractivity contribution is -0.181. The van der Waals surface area contributed by atoms with Crippen molar-refractivity contribution in [3.63, 3.8) is 0 Å². The van der Waals surface area contributed by atoms with Gasteiger partial charge in [-0.3, -0.25) is 37.7 Å². The SMILES string of the molecule is CC.CC(C)(C)COC(=O)C12CC3CC(C(=O)O1)C2C3.CC(C)(C)COC(=O)C12CC3CC(C1)CC(c1ccccc1)(C3)C2.CC(C)(C)COC(=O)C12CC3CC(C1)CC(c1ccccc1)(C3)C2.CC(C)(C)COC(=O)C12CC3CC(CC(C)(C3)C1)C2.CC(C)(C)COC(=O)C12CC3CC(CC(C3)C1)C2.CC(C)(C)COC(=O)C12CC3CC1C(C3)S(=O)(=O)O2.CC(C)(C)COC(=O)C1CCOC1=O. The van der Waals surface area contributed by atoms with Gasteiger partial charge in [-0.25, -0.2) is 9.59 Å². The normalized spacial score (nSPS) is 38.1. The molecule has 0 spiro atoms. The molecule has 772 valence electrons. The molecule has 21 nitrogen and oxygen atoms in total. The molecule has 3 heterocycles. The molecule has 20 aliphatic carbocycles. The van der Waals surface area contributed by atoms with Crippen LogP contribution in [0, 0.1) is 154 Å². The van der Waals surface area contributed by atoms with Gasteiger partial charge in [0.15, 0.2) is 11.5 Å². The van der Waals surface area contributed by atoms with Crippen LogP contribution < -0.4 is 0 Å². The molecular weight excluding hydrogens is 1760 g/mol. The lowest BCUT2D eigenvalue weighted by atomic mass is 9.43. The second-order valence-corrected chi connectivity index (χ2v) is 58.5. The Labute approximate surface area is 828 Å². The first-order valence-electron chi connectivity index (χ1n) is 53.7. The van der Waals surface area contributed by atoms with E-state index < -0.39 is 50.4 Å². The zero-order chi connectivity index (χ0) is 101. The van der Waals surface area contributed by atoms with Crippen LogP contribution in [0.3, 0.4) is 0 Å². The van der Waals surface area contributed by atoms with Crippen molar-refractivity contribution in [2.45, 2.75) is 392 Å².